The summed E-state index contributed by atoms with van der Waals surface area (Å²) >= 11 is 5.99. The predicted molar refractivity (Wildman–Crippen MR) is 471 cm³/mol. The third-order valence-electron chi connectivity index (χ3n) is 25.7. The maximum Gasteiger partial charge on any atom is 0.494 e. The molecule has 1 fully saturated rings. The quantitative estimate of drug-likeness (QED) is 0.152. The molecule has 0 saturated carbocycles. The third kappa shape index (κ3) is 10.5. The summed E-state index contributed by atoms with van der Waals surface area (Å²) in [6.45, 7) is 18.0. The molecular formula is C104H80BClN8O2. The highest BCUT2D eigenvalue weighted by Crippen LogP contribution is 2.63. The Morgan fingerprint density at radius 1 is 0.259 bits per heavy atom. The average Bonchev–Trinajstić information content (AvgIpc) is 1.20. The lowest BCUT2D eigenvalue weighted by Gasteiger charge is -2.50. The molecule has 5 aliphatic rings. The van der Waals surface area contributed by atoms with Crippen LogP contribution < -0.4 is 5.46 Å². The van der Waals surface area contributed by atoms with Gasteiger partial charge in [-0.15, -0.1) is 0 Å². The molecule has 12 heteroatoms. The third-order valence-corrected chi connectivity index (χ3v) is 25.8. The van der Waals surface area contributed by atoms with E-state index < -0.39 is 29.2 Å². The van der Waals surface area contributed by atoms with E-state index in [2.05, 4.69) is 322 Å². The summed E-state index contributed by atoms with van der Waals surface area (Å²) in [4.78, 5) is 28.2. The second-order valence-corrected chi connectivity index (χ2v) is 33.5. The molecule has 2 spiro atoms. The van der Waals surface area contributed by atoms with Gasteiger partial charge in [0.2, 0.25) is 5.28 Å². The van der Waals surface area contributed by atoms with Gasteiger partial charge in [-0.1, -0.05) is 337 Å². The van der Waals surface area contributed by atoms with Crippen molar-refractivity contribution < 1.29 is 9.31 Å². The van der Waals surface area contributed by atoms with Crippen LogP contribution in [0.15, 0.2) is 340 Å². The highest BCUT2D eigenvalue weighted by atomic mass is 35.5. The van der Waals surface area contributed by atoms with E-state index in [4.69, 9.17) is 35.9 Å². The van der Waals surface area contributed by atoms with E-state index in [0.29, 0.717) is 29.1 Å². The summed E-state index contributed by atoms with van der Waals surface area (Å²) in [6, 6.07) is 122. The van der Waals surface area contributed by atoms with Crippen LogP contribution in [0.25, 0.3) is 112 Å². The lowest BCUT2D eigenvalue weighted by atomic mass is 9.52. The summed E-state index contributed by atoms with van der Waals surface area (Å²) in [5.41, 5.74) is 26.6. The minimum atomic E-state index is -0.602. The molecule has 558 valence electrons. The van der Waals surface area contributed by atoms with E-state index in [1.54, 1.807) is 0 Å². The zero-order valence-electron chi connectivity index (χ0n) is 65.7. The molecule has 7 heterocycles. The maximum absolute atomic E-state index is 6.64. The number of para-hydroxylation sites is 6. The minimum absolute atomic E-state index is 0.196. The highest BCUT2D eigenvalue weighted by molar-refractivity contribution is 6.62. The molecule has 23 rings (SSSR count). The first-order chi connectivity index (χ1) is 56.4. The zero-order chi connectivity index (χ0) is 78.6. The number of benzene rings is 14. The standard InChI is InChI=1S/C49H34N4.C40H36BNO2.C15H10ClN3/c1-48(2)36-22-10-11-23-38(36)49(39-24-12-14-27-43(39)53-42-26-13-9-20-34(42)35-21-15-25-40(49)44(35)53)41-30-33(28-29-37(41)48)47-51-45(31-16-5-3-6-17-31)50-46(52-47)32-18-7-4-8-19-32;1-37(2)28-16-8-9-17-30(28)40(33-24-25(22-23-29(33)37)41-43-38(3,4)39(5,6)44-41)31-18-10-12-21-35(31)42-34-20-11-7-14-26(34)27-15-13-19-32(40)36(27)42;16-15-18-13(11-7-3-1-4-8-11)17-14(19-15)12-9-5-2-6-10-12/h3-30H,1-2H3;7-24H,1-6H3;1-10H. The van der Waals surface area contributed by atoms with Gasteiger partial charge in [0.15, 0.2) is 29.1 Å². The number of halogens is 1. The van der Waals surface area contributed by atoms with Gasteiger partial charge in [-0.05, 0) is 142 Å². The molecule has 0 bridgehead atoms. The van der Waals surface area contributed by atoms with Crippen LogP contribution in [-0.2, 0) is 31.0 Å². The number of fused-ring (bicyclic) bond motifs is 22. The molecular weight excluding hydrogens is 1440 g/mol. The van der Waals surface area contributed by atoms with Gasteiger partial charge in [0, 0.05) is 60.2 Å². The van der Waals surface area contributed by atoms with E-state index in [0.717, 1.165) is 33.3 Å². The Morgan fingerprint density at radius 3 is 0.991 bits per heavy atom. The van der Waals surface area contributed by atoms with E-state index in [1.807, 2.05) is 97.1 Å². The zero-order valence-corrected chi connectivity index (χ0v) is 66.4. The monoisotopic (exact) mass is 1520 g/mol. The lowest BCUT2D eigenvalue weighted by molar-refractivity contribution is 0.00578. The second-order valence-electron chi connectivity index (χ2n) is 33.2. The number of aromatic nitrogens is 8. The lowest BCUT2D eigenvalue weighted by Crippen LogP contribution is -2.45. The largest absolute Gasteiger partial charge is 0.494 e. The van der Waals surface area contributed by atoms with Crippen molar-refractivity contribution in [3.05, 3.63) is 412 Å². The van der Waals surface area contributed by atoms with Crippen molar-refractivity contribution in [1.29, 1.82) is 0 Å². The van der Waals surface area contributed by atoms with Crippen LogP contribution in [-0.4, -0.2) is 57.4 Å². The van der Waals surface area contributed by atoms with Crippen LogP contribution in [0.3, 0.4) is 0 Å². The summed E-state index contributed by atoms with van der Waals surface area (Å²) in [5, 5.41) is 5.31. The summed E-state index contributed by atoms with van der Waals surface area (Å²) in [6.07, 6.45) is 0. The Bertz CT molecular complexity index is 6890. The van der Waals surface area contributed by atoms with Gasteiger partial charge in [0.25, 0.3) is 0 Å². The molecule has 116 heavy (non-hydrogen) atoms. The van der Waals surface area contributed by atoms with Crippen molar-refractivity contribution in [2.75, 3.05) is 0 Å². The van der Waals surface area contributed by atoms with Crippen molar-refractivity contribution >= 4 is 67.8 Å². The van der Waals surface area contributed by atoms with Gasteiger partial charge in [-0.25, -0.2) is 19.9 Å². The first-order valence-corrected chi connectivity index (χ1v) is 40.3. The molecule has 1 saturated heterocycles. The number of hydrogen-bond donors (Lipinski definition) is 0. The molecule has 2 aliphatic carbocycles. The number of hydrogen-bond acceptors (Lipinski definition) is 8. The Hall–Kier alpha value is -13.0. The molecule has 4 aromatic heterocycles. The van der Waals surface area contributed by atoms with Crippen molar-refractivity contribution in [2.45, 2.75) is 88.3 Å². The molecule has 18 aromatic rings. The molecule has 3 aliphatic heterocycles. The Balaban J connectivity index is 0.000000120. The fraction of sp³-hybridized carbons (Fsp3) is 0.135. The van der Waals surface area contributed by atoms with Gasteiger partial charge in [-0.2, -0.15) is 9.97 Å². The van der Waals surface area contributed by atoms with Crippen molar-refractivity contribution in [3.8, 4) is 68.3 Å². The first-order valence-electron chi connectivity index (χ1n) is 40.0. The molecule has 14 aromatic carbocycles. The molecule has 10 nitrogen and oxygen atoms in total. The van der Waals surface area contributed by atoms with E-state index in [1.165, 1.54) is 122 Å². The normalized spacial score (nSPS) is 17.4. The topological polar surface area (TPSA) is 106 Å². The summed E-state index contributed by atoms with van der Waals surface area (Å²) in [7, 11) is -0.441. The van der Waals surface area contributed by atoms with Crippen LogP contribution in [0.2, 0.25) is 5.28 Å². The van der Waals surface area contributed by atoms with Crippen LogP contribution >= 0.6 is 11.6 Å². The average molecular weight is 1520 g/mol. The SMILES string of the molecule is CC1(C)c2ccccc2C2(c3ccccc3-n3c4ccccc4c4cccc2c43)c2cc(-c3nc(-c4ccccc4)nc(-c4ccccc4)n3)ccc21.CC1(C)c2ccccc2C2(c3ccccc3-n3c4ccccc4c4cccc2c43)c2cc(B3OC(C)(C)C(C)(C)O3)ccc21.Clc1nc(-c2ccccc2)nc(-c2ccccc2)n1. The van der Waals surface area contributed by atoms with Gasteiger partial charge < -0.3 is 18.4 Å². The van der Waals surface area contributed by atoms with Gasteiger partial charge in [0.1, 0.15) is 0 Å². The van der Waals surface area contributed by atoms with Gasteiger partial charge in [-0.3, -0.25) is 0 Å². The molecule has 0 amide bonds. The maximum atomic E-state index is 6.64. The van der Waals surface area contributed by atoms with Crippen molar-refractivity contribution in [2.24, 2.45) is 0 Å². The Morgan fingerprint density at radius 2 is 0.569 bits per heavy atom. The van der Waals surface area contributed by atoms with Crippen LogP contribution in [0.1, 0.15) is 122 Å². The molecule has 2 atom stereocenters. The molecule has 2 unspecified atom stereocenters. The van der Waals surface area contributed by atoms with E-state index in [9.17, 15) is 0 Å². The fourth-order valence-corrected chi connectivity index (χ4v) is 19.8. The van der Waals surface area contributed by atoms with Crippen LogP contribution in [0, 0.1) is 0 Å². The van der Waals surface area contributed by atoms with Crippen molar-refractivity contribution in [1.82, 2.24) is 39.0 Å². The van der Waals surface area contributed by atoms with Crippen molar-refractivity contribution in [3.63, 3.8) is 0 Å². The molecule has 0 N–H and O–H groups in total. The van der Waals surface area contributed by atoms with E-state index in [-0.39, 0.29) is 16.1 Å². The highest BCUT2D eigenvalue weighted by Gasteiger charge is 2.57. The van der Waals surface area contributed by atoms with Crippen LogP contribution in [0.4, 0.5) is 0 Å². The second kappa shape index (κ2) is 26.5. The smallest absolute Gasteiger partial charge is 0.399 e. The van der Waals surface area contributed by atoms with Gasteiger partial charge >= 0.3 is 7.12 Å². The summed E-state index contributed by atoms with van der Waals surface area (Å²) in [5.74, 6) is 3.14. The van der Waals surface area contributed by atoms with Crippen LogP contribution in [0.5, 0.6) is 0 Å². The Kier molecular flexibility index (Phi) is 16.2. The predicted octanol–water partition coefficient (Wildman–Crippen LogP) is 23.6. The number of nitrogens with zero attached hydrogens (tertiary/aromatic N) is 8. The number of rotatable bonds is 6. The fourth-order valence-electron chi connectivity index (χ4n) is 19.7. The minimum Gasteiger partial charge on any atom is -0.399 e. The Labute approximate surface area is 680 Å². The van der Waals surface area contributed by atoms with E-state index >= 15 is 0 Å². The van der Waals surface area contributed by atoms with Gasteiger partial charge in [0.05, 0.1) is 55.5 Å². The summed E-state index contributed by atoms with van der Waals surface area (Å²) < 4.78 is 18.3. The first kappa shape index (κ1) is 70.8. The molecule has 0 radical (unpaired) electrons.